The molecule has 1 amide bonds. The summed E-state index contributed by atoms with van der Waals surface area (Å²) in [5.41, 5.74) is 0.402. The molecule has 21 heavy (non-hydrogen) atoms. The molecule has 1 rings (SSSR count). The van der Waals surface area contributed by atoms with Crippen LogP contribution in [0.5, 0.6) is 0 Å². The van der Waals surface area contributed by atoms with Gasteiger partial charge in [0.25, 0.3) is 0 Å². The van der Waals surface area contributed by atoms with Crippen LogP contribution in [0.2, 0.25) is 0 Å². The van der Waals surface area contributed by atoms with Crippen LogP contribution in [0.4, 0.5) is 23.2 Å². The molecule has 0 aliphatic carbocycles. The number of rotatable bonds is 6. The monoisotopic (exact) mass is 308 g/mol. The van der Waals surface area contributed by atoms with E-state index in [1.54, 1.807) is 0 Å². The summed E-state index contributed by atoms with van der Waals surface area (Å²) in [4.78, 5) is 12.8. The molecule has 0 spiro atoms. The number of carbonyl (C=O) groups excluding carboxylic acids is 1. The van der Waals surface area contributed by atoms with Crippen molar-refractivity contribution >= 4 is 11.6 Å². The first-order valence-corrected chi connectivity index (χ1v) is 6.17. The number of anilines is 1. The van der Waals surface area contributed by atoms with Gasteiger partial charge in [-0.3, -0.25) is 4.79 Å². The molecule has 0 aromatic heterocycles. The Morgan fingerprint density at radius 2 is 1.90 bits per heavy atom. The molecule has 1 aromatic rings. The fourth-order valence-corrected chi connectivity index (χ4v) is 1.54. The predicted octanol–water partition coefficient (Wildman–Crippen LogP) is 2.01. The van der Waals surface area contributed by atoms with E-state index in [0.29, 0.717) is 5.69 Å². The van der Waals surface area contributed by atoms with Crippen molar-refractivity contribution in [3.8, 4) is 0 Å². The molecule has 2 N–H and O–H groups in total. The van der Waals surface area contributed by atoms with Crippen molar-refractivity contribution < 1.29 is 27.5 Å². The van der Waals surface area contributed by atoms with Gasteiger partial charge in [-0.15, -0.1) is 0 Å². The largest absolute Gasteiger partial charge is 0.415 e. The van der Waals surface area contributed by atoms with Gasteiger partial charge in [0.2, 0.25) is 5.91 Å². The topological polar surface area (TPSA) is 52.6 Å². The van der Waals surface area contributed by atoms with E-state index in [1.165, 1.54) is 36.2 Å². The second kappa shape index (κ2) is 7.37. The van der Waals surface area contributed by atoms with E-state index in [-0.39, 0.29) is 13.0 Å². The second-order valence-corrected chi connectivity index (χ2v) is 4.62. The quantitative estimate of drug-likeness (QED) is 0.791. The third-order valence-corrected chi connectivity index (χ3v) is 2.71. The van der Waals surface area contributed by atoms with Crippen molar-refractivity contribution in [2.24, 2.45) is 0 Å². The van der Waals surface area contributed by atoms with Gasteiger partial charge < -0.3 is 15.3 Å². The van der Waals surface area contributed by atoms with Crippen molar-refractivity contribution in [3.05, 3.63) is 30.1 Å². The van der Waals surface area contributed by atoms with Crippen LogP contribution in [0, 0.1) is 5.82 Å². The van der Waals surface area contributed by atoms with E-state index in [2.05, 4.69) is 5.32 Å². The number of benzene rings is 1. The van der Waals surface area contributed by atoms with E-state index >= 15 is 0 Å². The third-order valence-electron chi connectivity index (χ3n) is 2.71. The third kappa shape index (κ3) is 6.54. The Morgan fingerprint density at radius 3 is 2.43 bits per heavy atom. The first-order chi connectivity index (χ1) is 9.68. The van der Waals surface area contributed by atoms with Crippen molar-refractivity contribution in [2.45, 2.75) is 18.7 Å². The van der Waals surface area contributed by atoms with Gasteiger partial charge in [-0.2, -0.15) is 13.2 Å². The molecule has 0 aliphatic rings. The Bertz CT molecular complexity index is 462. The van der Waals surface area contributed by atoms with Crippen LogP contribution in [0.3, 0.4) is 0 Å². The van der Waals surface area contributed by atoms with Gasteiger partial charge in [-0.05, 0) is 31.3 Å². The molecule has 0 bridgehead atoms. The van der Waals surface area contributed by atoms with Crippen LogP contribution in [-0.2, 0) is 4.79 Å². The zero-order valence-corrected chi connectivity index (χ0v) is 11.3. The maximum Gasteiger partial charge on any atom is 0.415 e. The molecule has 1 atom stereocenters. The minimum absolute atomic E-state index is 0.0432. The van der Waals surface area contributed by atoms with Crippen molar-refractivity contribution in [1.29, 1.82) is 0 Å². The van der Waals surface area contributed by atoms with Gasteiger partial charge in [0.15, 0.2) is 6.10 Å². The summed E-state index contributed by atoms with van der Waals surface area (Å²) < 4.78 is 49.1. The molecule has 0 fully saturated rings. The molecule has 0 radical (unpaired) electrons. The summed E-state index contributed by atoms with van der Waals surface area (Å²) in [5.74, 6) is -0.844. The highest BCUT2D eigenvalue weighted by Gasteiger charge is 2.38. The lowest BCUT2D eigenvalue weighted by Crippen LogP contribution is -2.40. The van der Waals surface area contributed by atoms with Gasteiger partial charge in [-0.1, -0.05) is 0 Å². The second-order valence-electron chi connectivity index (χ2n) is 4.62. The first-order valence-electron chi connectivity index (χ1n) is 6.17. The molecule has 1 unspecified atom stereocenters. The van der Waals surface area contributed by atoms with Crippen LogP contribution in [-0.4, -0.2) is 48.3 Å². The van der Waals surface area contributed by atoms with Gasteiger partial charge in [0, 0.05) is 25.2 Å². The number of alkyl halides is 3. The summed E-state index contributed by atoms with van der Waals surface area (Å²) in [6.45, 7) is -0.548. The molecular formula is C13H16F4N2O2. The molecule has 0 heterocycles. The fraction of sp³-hybridized carbons (Fsp3) is 0.462. The Labute approximate surface area is 119 Å². The van der Waals surface area contributed by atoms with Gasteiger partial charge in [0.05, 0.1) is 0 Å². The van der Waals surface area contributed by atoms with Crippen LogP contribution in [0.1, 0.15) is 6.42 Å². The highest BCUT2D eigenvalue weighted by molar-refractivity contribution is 5.90. The summed E-state index contributed by atoms with van der Waals surface area (Å²) in [7, 11) is 1.38. The SMILES string of the molecule is CN(CCC(=O)Nc1ccc(F)cc1)CC(O)C(F)(F)F. The van der Waals surface area contributed by atoms with E-state index in [1.807, 2.05) is 0 Å². The Balaban J connectivity index is 2.34. The Hall–Kier alpha value is -1.67. The average molecular weight is 308 g/mol. The molecule has 4 nitrogen and oxygen atoms in total. The summed E-state index contributed by atoms with van der Waals surface area (Å²) in [5, 5.41) is 11.4. The molecular weight excluding hydrogens is 292 g/mol. The Kier molecular flexibility index (Phi) is 6.10. The molecule has 1 aromatic carbocycles. The normalized spacial score (nSPS) is 13.3. The zero-order chi connectivity index (χ0) is 16.0. The van der Waals surface area contributed by atoms with Crippen LogP contribution < -0.4 is 5.32 Å². The lowest BCUT2D eigenvalue weighted by atomic mass is 10.2. The molecule has 0 saturated carbocycles. The number of halogens is 4. The number of carbonyl (C=O) groups is 1. The van der Waals surface area contributed by atoms with Crippen molar-refractivity contribution in [1.82, 2.24) is 4.90 Å². The highest BCUT2D eigenvalue weighted by atomic mass is 19.4. The standard InChI is InChI=1S/C13H16F4N2O2/c1-19(8-11(20)13(15,16)17)7-6-12(21)18-10-4-2-9(14)3-5-10/h2-5,11,20H,6-8H2,1H3,(H,18,21). The minimum Gasteiger partial charge on any atom is -0.382 e. The van der Waals surface area contributed by atoms with Crippen molar-refractivity contribution in [2.75, 3.05) is 25.5 Å². The lowest BCUT2D eigenvalue weighted by molar-refractivity contribution is -0.207. The van der Waals surface area contributed by atoms with Gasteiger partial charge >= 0.3 is 6.18 Å². The summed E-state index contributed by atoms with van der Waals surface area (Å²) in [6, 6.07) is 5.12. The maximum atomic E-state index is 12.7. The molecule has 8 heteroatoms. The summed E-state index contributed by atoms with van der Waals surface area (Å²) in [6.07, 6.45) is -7.16. The van der Waals surface area contributed by atoms with E-state index in [4.69, 9.17) is 5.11 Å². The number of aliphatic hydroxyl groups excluding tert-OH is 1. The Morgan fingerprint density at radius 1 is 1.33 bits per heavy atom. The predicted molar refractivity (Wildman–Crippen MR) is 69.2 cm³/mol. The fourth-order valence-electron chi connectivity index (χ4n) is 1.54. The minimum atomic E-state index is -4.68. The zero-order valence-electron chi connectivity index (χ0n) is 11.3. The van der Waals surface area contributed by atoms with Crippen LogP contribution in [0.25, 0.3) is 0 Å². The number of nitrogens with zero attached hydrogens (tertiary/aromatic N) is 1. The first kappa shape index (κ1) is 17.4. The lowest BCUT2D eigenvalue weighted by Gasteiger charge is -2.21. The molecule has 0 aliphatic heterocycles. The van der Waals surface area contributed by atoms with E-state index in [9.17, 15) is 22.4 Å². The van der Waals surface area contributed by atoms with Gasteiger partial charge in [-0.25, -0.2) is 4.39 Å². The van der Waals surface area contributed by atoms with Gasteiger partial charge in [0.1, 0.15) is 5.82 Å². The summed E-state index contributed by atoms with van der Waals surface area (Å²) >= 11 is 0. The van der Waals surface area contributed by atoms with Crippen molar-refractivity contribution in [3.63, 3.8) is 0 Å². The molecule has 0 saturated heterocycles. The smallest absolute Gasteiger partial charge is 0.382 e. The number of nitrogens with one attached hydrogen (secondary N) is 1. The number of hydrogen-bond donors (Lipinski definition) is 2. The maximum absolute atomic E-state index is 12.7. The average Bonchev–Trinajstić information content (AvgIpc) is 2.38. The van der Waals surface area contributed by atoms with E-state index in [0.717, 1.165) is 0 Å². The highest BCUT2D eigenvalue weighted by Crippen LogP contribution is 2.20. The number of hydrogen-bond acceptors (Lipinski definition) is 3. The number of amides is 1. The van der Waals surface area contributed by atoms with Crippen LogP contribution >= 0.6 is 0 Å². The number of aliphatic hydroxyl groups is 1. The van der Waals surface area contributed by atoms with Crippen LogP contribution in [0.15, 0.2) is 24.3 Å². The van der Waals surface area contributed by atoms with E-state index < -0.39 is 30.5 Å². The molecule has 118 valence electrons. The number of likely N-dealkylation sites (N-methyl/N-ethyl adjacent to an activating group) is 1.